The van der Waals surface area contributed by atoms with E-state index in [1.165, 1.54) is 23.1 Å². The number of benzene rings is 2. The summed E-state index contributed by atoms with van der Waals surface area (Å²) >= 11 is 6.41. The fourth-order valence-electron chi connectivity index (χ4n) is 7.69. The van der Waals surface area contributed by atoms with Gasteiger partial charge in [0, 0.05) is 36.6 Å². The molecule has 2 heterocycles. The van der Waals surface area contributed by atoms with Crippen molar-refractivity contribution in [3.63, 3.8) is 0 Å². The molecule has 2 N–H and O–H groups in total. The van der Waals surface area contributed by atoms with E-state index in [-0.39, 0.29) is 34.8 Å². The predicted molar refractivity (Wildman–Crippen MR) is 169 cm³/mol. The van der Waals surface area contributed by atoms with Gasteiger partial charge in [-0.1, -0.05) is 35.9 Å². The first-order chi connectivity index (χ1) is 21.0. The predicted octanol–water partition coefficient (Wildman–Crippen LogP) is 4.76. The Hall–Kier alpha value is -3.07. The standard InChI is InChI=1S/C35H43ClN2O6/c1-22-6-4-8-30(39)27-12-9-24(27)19-38-20-34(15-5-7-23-16-26(36)11-13-28(23)34)21-44-31-14-10-25(17-29(31)38)35(42,33(41)43-3)18-32(40)37(22)2/h4,8,10-11,13-14,16-17,22,24,27,30,39,42H,5-7,9,12,15,18-21H2,1-3H3/t22-,24-,27+,30?,34-,35+/m0/s1. The van der Waals surface area contributed by atoms with Crippen LogP contribution in [-0.2, 0) is 31.8 Å². The molecule has 4 aliphatic rings. The molecule has 6 atom stereocenters. The maximum Gasteiger partial charge on any atom is 0.343 e. The number of hydrogen-bond acceptors (Lipinski definition) is 7. The lowest BCUT2D eigenvalue weighted by molar-refractivity contribution is -0.168. The smallest absolute Gasteiger partial charge is 0.343 e. The molecule has 1 saturated carbocycles. The van der Waals surface area contributed by atoms with Crippen LogP contribution in [0.5, 0.6) is 5.75 Å². The highest BCUT2D eigenvalue weighted by Gasteiger charge is 2.46. The molecule has 2 aromatic rings. The number of amides is 1. The van der Waals surface area contributed by atoms with Crippen LogP contribution in [0.3, 0.4) is 0 Å². The molecule has 1 unspecified atom stereocenters. The number of carbonyl (C=O) groups is 2. The van der Waals surface area contributed by atoms with Gasteiger partial charge in [-0.3, -0.25) is 4.79 Å². The third-order valence-corrected chi connectivity index (χ3v) is 10.9. The Labute approximate surface area is 264 Å². The lowest BCUT2D eigenvalue weighted by atomic mass is 9.68. The zero-order valence-corrected chi connectivity index (χ0v) is 26.6. The van der Waals surface area contributed by atoms with E-state index in [4.69, 9.17) is 21.1 Å². The second-order valence-electron chi connectivity index (χ2n) is 13.3. The van der Waals surface area contributed by atoms with E-state index in [0.717, 1.165) is 42.8 Å². The highest BCUT2D eigenvalue weighted by molar-refractivity contribution is 6.30. The summed E-state index contributed by atoms with van der Waals surface area (Å²) in [7, 11) is 2.89. The molecule has 0 saturated heterocycles. The number of hydrogen-bond donors (Lipinski definition) is 2. The number of nitrogens with zero attached hydrogens (tertiary/aromatic N) is 2. The van der Waals surface area contributed by atoms with Crippen LogP contribution < -0.4 is 9.64 Å². The summed E-state index contributed by atoms with van der Waals surface area (Å²) in [4.78, 5) is 30.5. The average molecular weight is 623 g/mol. The molecular weight excluding hydrogens is 580 g/mol. The van der Waals surface area contributed by atoms with Crippen molar-refractivity contribution in [3.05, 3.63) is 70.3 Å². The van der Waals surface area contributed by atoms with E-state index < -0.39 is 24.1 Å². The lowest BCUT2D eigenvalue weighted by Crippen LogP contribution is -2.49. The third kappa shape index (κ3) is 5.50. The van der Waals surface area contributed by atoms with Crippen molar-refractivity contribution in [1.82, 2.24) is 4.90 Å². The number of fused-ring (bicyclic) bond motifs is 4. The number of carbonyl (C=O) groups excluding carboxylic acids is 2. The number of rotatable bonds is 1. The summed E-state index contributed by atoms with van der Waals surface area (Å²) in [6.07, 6.45) is 8.18. The zero-order valence-electron chi connectivity index (χ0n) is 25.8. The van der Waals surface area contributed by atoms with Crippen molar-refractivity contribution in [2.24, 2.45) is 11.8 Å². The number of halogens is 1. The molecule has 1 spiro atoms. The number of aliphatic hydroxyl groups excluding tert-OH is 1. The molecule has 2 bridgehead atoms. The minimum absolute atomic E-state index is 0.116. The molecule has 2 aromatic carbocycles. The van der Waals surface area contributed by atoms with Crippen LogP contribution in [0.25, 0.3) is 0 Å². The quantitative estimate of drug-likeness (QED) is 0.350. The van der Waals surface area contributed by atoms with E-state index in [1.807, 2.05) is 25.1 Å². The maximum atomic E-state index is 13.5. The SMILES string of the molecule is COC(=O)[C@@]1(O)CC(=O)N(C)[C@@H](C)CC=CC(O)[C@@H]2CC[C@H]2CN2C[C@@]3(CCCc4cc(Cl)ccc43)COc3ccc1cc32. The van der Waals surface area contributed by atoms with Crippen molar-refractivity contribution in [2.75, 3.05) is 38.8 Å². The number of aliphatic hydroxyl groups is 2. The van der Waals surface area contributed by atoms with E-state index in [1.54, 1.807) is 25.2 Å². The zero-order chi connectivity index (χ0) is 31.2. The number of methoxy groups -OCH3 is 1. The molecule has 1 fully saturated rings. The van der Waals surface area contributed by atoms with Gasteiger partial charge in [0.1, 0.15) is 5.75 Å². The largest absolute Gasteiger partial charge is 0.490 e. The Bertz CT molecular complexity index is 1460. The first kappa shape index (κ1) is 30.9. The highest BCUT2D eigenvalue weighted by Crippen LogP contribution is 2.47. The lowest BCUT2D eigenvalue weighted by Gasteiger charge is -2.45. The van der Waals surface area contributed by atoms with Crippen molar-refractivity contribution in [2.45, 2.75) is 75.0 Å². The molecule has 6 rings (SSSR count). The number of aryl methyl sites for hydroxylation is 1. The summed E-state index contributed by atoms with van der Waals surface area (Å²) in [5, 5.41) is 23.8. The Kier molecular flexibility index (Phi) is 8.46. The van der Waals surface area contributed by atoms with Crippen LogP contribution in [0.1, 0.15) is 62.1 Å². The molecule has 44 heavy (non-hydrogen) atoms. The normalized spacial score (nSPS) is 32.2. The van der Waals surface area contributed by atoms with E-state index in [2.05, 4.69) is 17.0 Å². The molecule has 0 aromatic heterocycles. The monoisotopic (exact) mass is 622 g/mol. The topological polar surface area (TPSA) is 99.5 Å². The van der Waals surface area contributed by atoms with Crippen molar-refractivity contribution in [3.8, 4) is 5.75 Å². The summed E-state index contributed by atoms with van der Waals surface area (Å²) in [5.41, 5.74) is 1.07. The van der Waals surface area contributed by atoms with Gasteiger partial charge in [0.2, 0.25) is 5.91 Å². The number of esters is 1. The van der Waals surface area contributed by atoms with Crippen LogP contribution in [0, 0.1) is 11.8 Å². The van der Waals surface area contributed by atoms with Crippen LogP contribution in [0.2, 0.25) is 5.02 Å². The molecule has 2 aliphatic carbocycles. The van der Waals surface area contributed by atoms with Crippen LogP contribution in [-0.4, -0.2) is 73.0 Å². The van der Waals surface area contributed by atoms with Gasteiger partial charge in [-0.15, -0.1) is 0 Å². The third-order valence-electron chi connectivity index (χ3n) is 10.7. The van der Waals surface area contributed by atoms with E-state index in [9.17, 15) is 19.8 Å². The van der Waals surface area contributed by atoms with Gasteiger partial charge >= 0.3 is 5.97 Å². The summed E-state index contributed by atoms with van der Waals surface area (Å²) in [6.45, 7) is 3.75. The Morgan fingerprint density at radius 3 is 2.75 bits per heavy atom. The minimum atomic E-state index is -2.18. The summed E-state index contributed by atoms with van der Waals surface area (Å²) in [6, 6.07) is 11.2. The van der Waals surface area contributed by atoms with Gasteiger partial charge in [0.05, 0.1) is 31.9 Å². The van der Waals surface area contributed by atoms with Gasteiger partial charge < -0.3 is 29.5 Å². The van der Waals surface area contributed by atoms with Gasteiger partial charge in [-0.2, -0.15) is 0 Å². The minimum Gasteiger partial charge on any atom is -0.490 e. The summed E-state index contributed by atoms with van der Waals surface area (Å²) in [5.74, 6) is -0.238. The first-order valence-corrected chi connectivity index (χ1v) is 16.1. The molecule has 1 amide bonds. The number of ether oxygens (including phenoxy) is 2. The maximum absolute atomic E-state index is 13.5. The second kappa shape index (κ2) is 12.0. The van der Waals surface area contributed by atoms with Gasteiger partial charge in [0.25, 0.3) is 0 Å². The van der Waals surface area contributed by atoms with Crippen molar-refractivity contribution in [1.29, 1.82) is 0 Å². The molecule has 0 radical (unpaired) electrons. The van der Waals surface area contributed by atoms with Gasteiger partial charge in [0.15, 0.2) is 5.60 Å². The van der Waals surface area contributed by atoms with Gasteiger partial charge in [-0.05, 0) is 98.2 Å². The van der Waals surface area contributed by atoms with E-state index in [0.29, 0.717) is 31.9 Å². The fraction of sp³-hybridized carbons (Fsp3) is 0.543. The summed E-state index contributed by atoms with van der Waals surface area (Å²) < 4.78 is 11.7. The van der Waals surface area contributed by atoms with Crippen molar-refractivity contribution >= 4 is 29.2 Å². The van der Waals surface area contributed by atoms with Crippen LogP contribution >= 0.6 is 11.6 Å². The average Bonchev–Trinajstić information content (AvgIpc) is 3.14. The Balaban J connectivity index is 1.47. The molecule has 9 heteroatoms. The highest BCUT2D eigenvalue weighted by atomic mass is 35.5. The molecule has 8 nitrogen and oxygen atoms in total. The van der Waals surface area contributed by atoms with Crippen LogP contribution in [0.15, 0.2) is 48.6 Å². The molecular formula is C35H43ClN2O6. The van der Waals surface area contributed by atoms with Crippen molar-refractivity contribution < 1.29 is 29.3 Å². The molecule has 2 aliphatic heterocycles. The van der Waals surface area contributed by atoms with Crippen LogP contribution in [0.4, 0.5) is 5.69 Å². The van der Waals surface area contributed by atoms with Gasteiger partial charge in [-0.25, -0.2) is 4.79 Å². The molecule has 236 valence electrons. The Morgan fingerprint density at radius 1 is 1.18 bits per heavy atom. The Morgan fingerprint density at radius 2 is 2.00 bits per heavy atom. The number of anilines is 1. The van der Waals surface area contributed by atoms with E-state index >= 15 is 0 Å². The first-order valence-electron chi connectivity index (χ1n) is 15.8. The second-order valence-corrected chi connectivity index (χ2v) is 13.8. The fourth-order valence-corrected chi connectivity index (χ4v) is 7.89.